The van der Waals surface area contributed by atoms with Crippen molar-refractivity contribution >= 4 is 15.9 Å². The summed E-state index contributed by atoms with van der Waals surface area (Å²) in [6, 6.07) is 12.3. The van der Waals surface area contributed by atoms with E-state index in [-0.39, 0.29) is 0 Å². The Bertz CT molecular complexity index is 587. The Labute approximate surface area is 135 Å². The predicted molar refractivity (Wildman–Crippen MR) is 92.1 cm³/mol. The van der Waals surface area contributed by atoms with Gasteiger partial charge in [0.1, 0.15) is 11.5 Å². The van der Waals surface area contributed by atoms with Crippen LogP contribution in [0.15, 0.2) is 40.9 Å². The lowest BCUT2D eigenvalue weighted by Gasteiger charge is -2.13. The van der Waals surface area contributed by atoms with E-state index in [2.05, 4.69) is 60.2 Å². The smallest absolute Gasteiger partial charge is 0.131 e. The minimum absolute atomic E-state index is 0.832. The number of hydrogen-bond acceptors (Lipinski definition) is 2. The molecule has 0 bridgehead atoms. The van der Waals surface area contributed by atoms with Gasteiger partial charge in [0.2, 0.25) is 0 Å². The van der Waals surface area contributed by atoms with E-state index in [0.29, 0.717) is 0 Å². The van der Waals surface area contributed by atoms with Crippen molar-refractivity contribution in [2.75, 3.05) is 6.54 Å². The van der Waals surface area contributed by atoms with Crippen LogP contribution in [0.3, 0.4) is 0 Å². The van der Waals surface area contributed by atoms with E-state index < -0.39 is 0 Å². The molecule has 0 atom stereocenters. The first-order chi connectivity index (χ1) is 10.1. The Kier molecular flexibility index (Phi) is 5.83. The van der Waals surface area contributed by atoms with Gasteiger partial charge in [-0.1, -0.05) is 41.1 Å². The van der Waals surface area contributed by atoms with Crippen molar-refractivity contribution in [2.24, 2.45) is 0 Å². The van der Waals surface area contributed by atoms with Crippen LogP contribution in [0, 0.1) is 13.8 Å². The highest BCUT2D eigenvalue weighted by molar-refractivity contribution is 9.10. The molecule has 0 radical (unpaired) electrons. The van der Waals surface area contributed by atoms with Crippen LogP contribution in [-0.4, -0.2) is 6.54 Å². The van der Waals surface area contributed by atoms with Crippen LogP contribution in [0.4, 0.5) is 0 Å². The van der Waals surface area contributed by atoms with Gasteiger partial charge in [-0.3, -0.25) is 0 Å². The van der Waals surface area contributed by atoms with Crippen LogP contribution in [0.25, 0.3) is 0 Å². The topological polar surface area (TPSA) is 21.3 Å². The number of halogens is 1. The molecule has 0 fully saturated rings. The van der Waals surface area contributed by atoms with Gasteiger partial charge >= 0.3 is 0 Å². The molecule has 0 aliphatic rings. The number of ether oxygens (including phenoxy) is 1. The molecular weight excluding hydrogens is 326 g/mol. The molecule has 0 spiro atoms. The highest BCUT2D eigenvalue weighted by Crippen LogP contribution is 2.30. The fraction of sp³-hybridized carbons (Fsp3) is 0.333. The lowest BCUT2D eigenvalue weighted by molar-refractivity contribution is 0.472. The van der Waals surface area contributed by atoms with Crippen LogP contribution < -0.4 is 10.1 Å². The van der Waals surface area contributed by atoms with E-state index in [1.807, 2.05) is 18.2 Å². The number of hydrogen-bond donors (Lipinski definition) is 1. The number of rotatable bonds is 6. The first-order valence-corrected chi connectivity index (χ1v) is 8.14. The standard InChI is InChI=1S/C18H22BrNO/c1-4-9-20-12-15-7-5-6-8-17(15)21-16-10-13(2)18(19)14(3)11-16/h5-8,10-11,20H,4,9,12H2,1-3H3. The Hall–Kier alpha value is -1.32. The van der Waals surface area contributed by atoms with Gasteiger partial charge in [-0.15, -0.1) is 0 Å². The van der Waals surface area contributed by atoms with Crippen LogP contribution in [0.5, 0.6) is 11.5 Å². The molecule has 0 amide bonds. The fourth-order valence-corrected chi connectivity index (χ4v) is 2.47. The van der Waals surface area contributed by atoms with Gasteiger partial charge in [0.25, 0.3) is 0 Å². The molecule has 0 aromatic heterocycles. The normalized spacial score (nSPS) is 10.7. The van der Waals surface area contributed by atoms with Gasteiger partial charge in [0.15, 0.2) is 0 Å². The molecule has 1 N–H and O–H groups in total. The molecule has 0 unspecified atom stereocenters. The van der Waals surface area contributed by atoms with Crippen molar-refractivity contribution in [3.63, 3.8) is 0 Å². The van der Waals surface area contributed by atoms with Gasteiger partial charge in [0, 0.05) is 16.6 Å². The zero-order chi connectivity index (χ0) is 15.2. The van der Waals surface area contributed by atoms with Gasteiger partial charge in [-0.2, -0.15) is 0 Å². The van der Waals surface area contributed by atoms with Gasteiger partial charge in [-0.05, 0) is 56.1 Å². The average Bonchev–Trinajstić information content (AvgIpc) is 2.47. The summed E-state index contributed by atoms with van der Waals surface area (Å²) in [7, 11) is 0. The number of nitrogens with one attached hydrogen (secondary N) is 1. The zero-order valence-electron chi connectivity index (χ0n) is 12.9. The molecule has 21 heavy (non-hydrogen) atoms. The van der Waals surface area contributed by atoms with E-state index >= 15 is 0 Å². The second kappa shape index (κ2) is 7.62. The molecule has 0 heterocycles. The van der Waals surface area contributed by atoms with Crippen molar-refractivity contribution < 1.29 is 4.74 Å². The molecule has 2 nitrogen and oxygen atoms in total. The molecule has 0 aliphatic heterocycles. The molecule has 3 heteroatoms. The van der Waals surface area contributed by atoms with Crippen molar-refractivity contribution in [3.8, 4) is 11.5 Å². The zero-order valence-corrected chi connectivity index (χ0v) is 14.5. The van der Waals surface area contributed by atoms with E-state index in [4.69, 9.17) is 4.74 Å². The van der Waals surface area contributed by atoms with Gasteiger partial charge < -0.3 is 10.1 Å². The van der Waals surface area contributed by atoms with Crippen molar-refractivity contribution in [1.29, 1.82) is 0 Å². The monoisotopic (exact) mass is 347 g/mol. The third kappa shape index (κ3) is 4.32. The predicted octanol–water partition coefficient (Wildman–Crippen LogP) is 5.36. The summed E-state index contributed by atoms with van der Waals surface area (Å²) in [5.74, 6) is 1.80. The second-order valence-electron chi connectivity index (χ2n) is 5.26. The maximum atomic E-state index is 6.10. The van der Waals surface area contributed by atoms with Crippen LogP contribution in [-0.2, 0) is 6.54 Å². The second-order valence-corrected chi connectivity index (χ2v) is 6.05. The molecule has 2 aromatic carbocycles. The lowest BCUT2D eigenvalue weighted by Crippen LogP contribution is -2.14. The third-order valence-electron chi connectivity index (χ3n) is 3.35. The minimum Gasteiger partial charge on any atom is -0.457 e. The van der Waals surface area contributed by atoms with Crippen LogP contribution >= 0.6 is 15.9 Å². The Morgan fingerprint density at radius 1 is 1.10 bits per heavy atom. The van der Waals surface area contributed by atoms with Crippen LogP contribution in [0.2, 0.25) is 0 Å². The summed E-state index contributed by atoms with van der Waals surface area (Å²) < 4.78 is 7.24. The quantitative estimate of drug-likeness (QED) is 0.710. The van der Waals surface area contributed by atoms with Crippen molar-refractivity contribution in [3.05, 3.63) is 57.6 Å². The number of benzene rings is 2. The van der Waals surface area contributed by atoms with Crippen LogP contribution in [0.1, 0.15) is 30.0 Å². The Morgan fingerprint density at radius 3 is 2.43 bits per heavy atom. The number of aryl methyl sites for hydroxylation is 2. The molecule has 2 rings (SSSR count). The Balaban J connectivity index is 2.19. The Morgan fingerprint density at radius 2 is 1.76 bits per heavy atom. The van der Waals surface area contributed by atoms with Gasteiger partial charge in [0.05, 0.1) is 0 Å². The minimum atomic E-state index is 0.832. The molecule has 0 saturated heterocycles. The van der Waals surface area contributed by atoms with E-state index in [1.54, 1.807) is 0 Å². The van der Waals surface area contributed by atoms with E-state index in [9.17, 15) is 0 Å². The largest absolute Gasteiger partial charge is 0.457 e. The van der Waals surface area contributed by atoms with Crippen molar-refractivity contribution in [2.45, 2.75) is 33.7 Å². The van der Waals surface area contributed by atoms with Crippen molar-refractivity contribution in [1.82, 2.24) is 5.32 Å². The molecule has 112 valence electrons. The summed E-state index contributed by atoms with van der Waals surface area (Å²) in [6.45, 7) is 8.18. The highest BCUT2D eigenvalue weighted by Gasteiger charge is 2.07. The summed E-state index contributed by atoms with van der Waals surface area (Å²) >= 11 is 3.59. The third-order valence-corrected chi connectivity index (χ3v) is 4.60. The first-order valence-electron chi connectivity index (χ1n) is 7.35. The highest BCUT2D eigenvalue weighted by atomic mass is 79.9. The average molecular weight is 348 g/mol. The molecule has 0 aliphatic carbocycles. The first kappa shape index (κ1) is 16.1. The molecule has 0 saturated carbocycles. The lowest BCUT2D eigenvalue weighted by atomic mass is 10.1. The van der Waals surface area contributed by atoms with E-state index in [1.165, 1.54) is 16.7 Å². The van der Waals surface area contributed by atoms with Gasteiger partial charge in [-0.25, -0.2) is 0 Å². The number of para-hydroxylation sites is 1. The summed E-state index contributed by atoms with van der Waals surface area (Å²) in [4.78, 5) is 0. The summed E-state index contributed by atoms with van der Waals surface area (Å²) in [5.41, 5.74) is 3.56. The molecular formula is C18H22BrNO. The summed E-state index contributed by atoms with van der Waals surface area (Å²) in [5, 5.41) is 3.42. The maximum absolute atomic E-state index is 6.10. The SMILES string of the molecule is CCCNCc1ccccc1Oc1cc(C)c(Br)c(C)c1. The maximum Gasteiger partial charge on any atom is 0.131 e. The molecule has 2 aromatic rings. The summed E-state index contributed by atoms with van der Waals surface area (Å²) in [6.07, 6.45) is 1.13. The van der Waals surface area contributed by atoms with E-state index in [0.717, 1.165) is 35.5 Å². The fourth-order valence-electron chi connectivity index (χ4n) is 2.24.